The topological polar surface area (TPSA) is 79.3 Å². The van der Waals surface area contributed by atoms with E-state index in [1.54, 1.807) is 47.0 Å². The van der Waals surface area contributed by atoms with Crippen molar-refractivity contribution >= 4 is 34.7 Å². The SMILES string of the molecule is Cc1cc(Cl)ccc1N=Nc1c(C(=O)O)nc2ccccn12. The van der Waals surface area contributed by atoms with Gasteiger partial charge in [-0.25, -0.2) is 9.78 Å². The van der Waals surface area contributed by atoms with Crippen LogP contribution in [0.1, 0.15) is 16.1 Å². The van der Waals surface area contributed by atoms with Crippen LogP contribution in [0.25, 0.3) is 5.65 Å². The number of nitrogens with zero attached hydrogens (tertiary/aromatic N) is 4. The van der Waals surface area contributed by atoms with Gasteiger partial charge in [-0.05, 0) is 42.8 Å². The summed E-state index contributed by atoms with van der Waals surface area (Å²) in [5.74, 6) is -0.970. The number of hydrogen-bond donors (Lipinski definition) is 1. The number of carbonyl (C=O) groups is 1. The quantitative estimate of drug-likeness (QED) is 0.727. The molecule has 0 saturated carbocycles. The number of benzene rings is 1. The highest BCUT2D eigenvalue weighted by Crippen LogP contribution is 2.27. The molecule has 0 amide bonds. The van der Waals surface area contributed by atoms with E-state index in [-0.39, 0.29) is 11.5 Å². The zero-order valence-electron chi connectivity index (χ0n) is 11.6. The maximum absolute atomic E-state index is 11.3. The van der Waals surface area contributed by atoms with Crippen molar-refractivity contribution in [3.63, 3.8) is 0 Å². The summed E-state index contributed by atoms with van der Waals surface area (Å²) in [7, 11) is 0. The highest BCUT2D eigenvalue weighted by Gasteiger charge is 2.17. The third-order valence-corrected chi connectivity index (χ3v) is 3.35. The number of pyridine rings is 1. The summed E-state index contributed by atoms with van der Waals surface area (Å²) in [4.78, 5) is 15.4. The number of aromatic carboxylic acids is 1. The van der Waals surface area contributed by atoms with Gasteiger partial charge in [0.15, 0.2) is 11.5 Å². The maximum atomic E-state index is 11.3. The van der Waals surface area contributed by atoms with Crippen LogP contribution in [0.15, 0.2) is 52.8 Å². The molecule has 3 aromatic rings. The first-order chi connectivity index (χ1) is 10.6. The molecule has 7 heteroatoms. The third kappa shape index (κ3) is 2.56. The first-order valence-corrected chi connectivity index (χ1v) is 6.82. The number of fused-ring (bicyclic) bond motifs is 1. The van der Waals surface area contributed by atoms with E-state index in [1.807, 2.05) is 6.92 Å². The standard InChI is InChI=1S/C15H11ClN4O2/c1-9-8-10(16)5-6-11(9)18-19-14-13(15(21)22)17-12-4-2-3-7-20(12)14/h2-8H,1H3,(H,21,22). The lowest BCUT2D eigenvalue weighted by molar-refractivity contribution is 0.0692. The Kier molecular flexibility index (Phi) is 3.60. The molecule has 0 aliphatic heterocycles. The molecule has 0 atom stereocenters. The summed E-state index contributed by atoms with van der Waals surface area (Å²) in [6.07, 6.45) is 1.69. The highest BCUT2D eigenvalue weighted by atomic mass is 35.5. The van der Waals surface area contributed by atoms with E-state index in [2.05, 4.69) is 15.2 Å². The molecule has 22 heavy (non-hydrogen) atoms. The second-order valence-corrected chi connectivity index (χ2v) is 5.09. The second kappa shape index (κ2) is 5.57. The molecular weight excluding hydrogens is 304 g/mol. The van der Waals surface area contributed by atoms with Crippen molar-refractivity contribution in [3.8, 4) is 0 Å². The highest BCUT2D eigenvalue weighted by molar-refractivity contribution is 6.30. The molecule has 0 aliphatic rings. The van der Waals surface area contributed by atoms with Crippen molar-refractivity contribution in [2.75, 3.05) is 0 Å². The van der Waals surface area contributed by atoms with E-state index in [1.165, 1.54) is 0 Å². The second-order valence-electron chi connectivity index (χ2n) is 4.65. The van der Waals surface area contributed by atoms with Crippen LogP contribution >= 0.6 is 11.6 Å². The van der Waals surface area contributed by atoms with Gasteiger partial charge in [-0.3, -0.25) is 4.40 Å². The van der Waals surface area contributed by atoms with Crippen LogP contribution in [0.3, 0.4) is 0 Å². The molecule has 0 radical (unpaired) electrons. The monoisotopic (exact) mass is 314 g/mol. The first kappa shape index (κ1) is 14.2. The number of rotatable bonds is 3. The Morgan fingerprint density at radius 3 is 2.82 bits per heavy atom. The van der Waals surface area contributed by atoms with Crippen molar-refractivity contribution < 1.29 is 9.90 Å². The average molecular weight is 315 g/mol. The molecule has 110 valence electrons. The predicted molar refractivity (Wildman–Crippen MR) is 82.5 cm³/mol. The summed E-state index contributed by atoms with van der Waals surface area (Å²) in [5.41, 5.74) is 1.83. The van der Waals surface area contributed by atoms with Crippen LogP contribution in [0.5, 0.6) is 0 Å². The average Bonchev–Trinajstić information content (AvgIpc) is 2.85. The number of halogens is 1. The lowest BCUT2D eigenvalue weighted by Gasteiger charge is -1.99. The van der Waals surface area contributed by atoms with Crippen molar-refractivity contribution in [1.82, 2.24) is 9.38 Å². The number of aromatic nitrogens is 2. The smallest absolute Gasteiger partial charge is 0.358 e. The lowest BCUT2D eigenvalue weighted by atomic mass is 10.2. The van der Waals surface area contributed by atoms with E-state index in [4.69, 9.17) is 11.6 Å². The zero-order chi connectivity index (χ0) is 15.7. The summed E-state index contributed by atoms with van der Waals surface area (Å²) in [6, 6.07) is 10.5. The zero-order valence-corrected chi connectivity index (χ0v) is 12.3. The largest absolute Gasteiger partial charge is 0.476 e. The van der Waals surface area contributed by atoms with Gasteiger partial charge in [-0.2, -0.15) is 0 Å². The third-order valence-electron chi connectivity index (χ3n) is 3.12. The summed E-state index contributed by atoms with van der Waals surface area (Å²) < 4.78 is 1.58. The Labute approximate surface area is 130 Å². The van der Waals surface area contributed by atoms with Crippen LogP contribution < -0.4 is 0 Å². The molecule has 6 nitrogen and oxygen atoms in total. The van der Waals surface area contributed by atoms with Crippen LogP contribution in [0, 0.1) is 6.92 Å². The van der Waals surface area contributed by atoms with Crippen LogP contribution in [0.4, 0.5) is 11.5 Å². The van der Waals surface area contributed by atoms with Crippen molar-refractivity contribution in [3.05, 3.63) is 58.9 Å². The van der Waals surface area contributed by atoms with Crippen molar-refractivity contribution in [2.24, 2.45) is 10.2 Å². The molecule has 0 aliphatic carbocycles. The Bertz CT molecular complexity index is 902. The molecule has 2 heterocycles. The van der Waals surface area contributed by atoms with Crippen LogP contribution in [-0.2, 0) is 0 Å². The Morgan fingerprint density at radius 2 is 2.09 bits per heavy atom. The number of imidazole rings is 1. The summed E-state index contributed by atoms with van der Waals surface area (Å²) in [6.45, 7) is 1.85. The van der Waals surface area contributed by atoms with E-state index >= 15 is 0 Å². The Balaban J connectivity index is 2.11. The number of carboxylic acids is 1. The lowest BCUT2D eigenvalue weighted by Crippen LogP contribution is -1.96. The molecule has 2 aromatic heterocycles. The minimum absolute atomic E-state index is 0.137. The van der Waals surface area contributed by atoms with Gasteiger partial charge in [0.25, 0.3) is 0 Å². The molecular formula is C15H11ClN4O2. The fourth-order valence-corrected chi connectivity index (χ4v) is 2.28. The molecule has 3 rings (SSSR count). The van der Waals surface area contributed by atoms with Gasteiger partial charge >= 0.3 is 5.97 Å². The van der Waals surface area contributed by atoms with Gasteiger partial charge in [0.2, 0.25) is 0 Å². The molecule has 0 saturated heterocycles. The van der Waals surface area contributed by atoms with E-state index < -0.39 is 5.97 Å². The normalized spacial score (nSPS) is 11.4. The maximum Gasteiger partial charge on any atom is 0.358 e. The molecule has 0 fully saturated rings. The van der Waals surface area contributed by atoms with Gasteiger partial charge in [0.1, 0.15) is 5.65 Å². The van der Waals surface area contributed by atoms with Crippen molar-refractivity contribution in [1.29, 1.82) is 0 Å². The van der Waals surface area contributed by atoms with Gasteiger partial charge < -0.3 is 5.11 Å². The van der Waals surface area contributed by atoms with E-state index in [0.29, 0.717) is 16.4 Å². The predicted octanol–water partition coefficient (Wildman–Crippen LogP) is 4.41. The van der Waals surface area contributed by atoms with Crippen molar-refractivity contribution in [2.45, 2.75) is 6.92 Å². The van der Waals surface area contributed by atoms with Gasteiger partial charge in [0, 0.05) is 11.2 Å². The number of carboxylic acid groups (broad SMARTS) is 1. The molecule has 0 spiro atoms. The molecule has 1 N–H and O–H groups in total. The molecule has 0 unspecified atom stereocenters. The van der Waals surface area contributed by atoms with Crippen LogP contribution in [-0.4, -0.2) is 20.5 Å². The summed E-state index contributed by atoms with van der Waals surface area (Å²) in [5, 5.41) is 18.1. The fourth-order valence-electron chi connectivity index (χ4n) is 2.05. The van der Waals surface area contributed by atoms with Gasteiger partial charge in [-0.15, -0.1) is 10.2 Å². The fraction of sp³-hybridized carbons (Fsp3) is 0.0667. The number of hydrogen-bond acceptors (Lipinski definition) is 4. The van der Waals surface area contributed by atoms with Gasteiger partial charge in [-0.1, -0.05) is 17.7 Å². The minimum atomic E-state index is -1.15. The van der Waals surface area contributed by atoms with Crippen LogP contribution in [0.2, 0.25) is 5.02 Å². The Morgan fingerprint density at radius 1 is 1.27 bits per heavy atom. The minimum Gasteiger partial charge on any atom is -0.476 e. The number of aryl methyl sites for hydroxylation is 1. The van der Waals surface area contributed by atoms with E-state index in [0.717, 1.165) is 5.56 Å². The number of azo groups is 1. The Hall–Kier alpha value is -2.73. The summed E-state index contributed by atoms with van der Waals surface area (Å²) >= 11 is 5.90. The first-order valence-electron chi connectivity index (χ1n) is 6.44. The van der Waals surface area contributed by atoms with E-state index in [9.17, 15) is 9.90 Å². The molecule has 0 bridgehead atoms. The molecule has 1 aromatic carbocycles. The van der Waals surface area contributed by atoms with Gasteiger partial charge in [0.05, 0.1) is 5.69 Å².